The molecule has 0 spiro atoms. The first-order valence-corrected chi connectivity index (χ1v) is 8.78. The molecule has 1 aliphatic heterocycles. The topological polar surface area (TPSA) is 63.6 Å². The lowest BCUT2D eigenvalue weighted by Crippen LogP contribution is -2.36. The highest BCUT2D eigenvalue weighted by molar-refractivity contribution is 7.91. The molecule has 0 radical (unpaired) electrons. The van der Waals surface area contributed by atoms with Gasteiger partial charge in [0.05, 0.1) is 18.5 Å². The highest BCUT2D eigenvalue weighted by atomic mass is 32.2. The Morgan fingerprint density at radius 1 is 1.39 bits per heavy atom. The highest BCUT2D eigenvalue weighted by Gasteiger charge is 2.50. The molecule has 2 aliphatic rings. The minimum Gasteiger partial charge on any atom is -0.396 e. The van der Waals surface area contributed by atoms with Gasteiger partial charge in [-0.25, -0.2) is 8.42 Å². The van der Waals surface area contributed by atoms with Gasteiger partial charge in [0.1, 0.15) is 9.84 Å². The summed E-state index contributed by atoms with van der Waals surface area (Å²) in [5.74, 6) is 1.05. The van der Waals surface area contributed by atoms with Crippen molar-refractivity contribution in [1.82, 2.24) is 0 Å². The lowest BCUT2D eigenvalue weighted by atomic mass is 9.76. The van der Waals surface area contributed by atoms with Crippen molar-refractivity contribution in [3.05, 3.63) is 0 Å². The van der Waals surface area contributed by atoms with Crippen molar-refractivity contribution >= 4 is 9.84 Å². The van der Waals surface area contributed by atoms with Crippen LogP contribution in [0.5, 0.6) is 0 Å². The van der Waals surface area contributed by atoms with E-state index < -0.39 is 9.84 Å². The second-order valence-corrected chi connectivity index (χ2v) is 8.21. The summed E-state index contributed by atoms with van der Waals surface area (Å²) in [7, 11) is -2.89. The number of hydrogen-bond donors (Lipinski definition) is 1. The van der Waals surface area contributed by atoms with Gasteiger partial charge >= 0.3 is 0 Å². The normalized spacial score (nSPS) is 32.9. The van der Waals surface area contributed by atoms with E-state index in [4.69, 9.17) is 4.74 Å². The van der Waals surface area contributed by atoms with E-state index in [2.05, 4.69) is 0 Å². The Labute approximate surface area is 110 Å². The van der Waals surface area contributed by atoms with Crippen molar-refractivity contribution in [2.75, 3.05) is 24.7 Å². The third-order valence-corrected chi connectivity index (χ3v) is 6.23. The van der Waals surface area contributed by atoms with Crippen molar-refractivity contribution < 1.29 is 18.3 Å². The molecule has 0 aromatic heterocycles. The molecule has 1 saturated carbocycles. The molecule has 2 unspecified atom stereocenters. The van der Waals surface area contributed by atoms with Gasteiger partial charge < -0.3 is 9.84 Å². The predicted octanol–water partition coefficient (Wildman–Crippen LogP) is 1.38. The molecule has 106 valence electrons. The molecule has 1 aliphatic carbocycles. The van der Waals surface area contributed by atoms with Crippen LogP contribution in [-0.2, 0) is 14.6 Å². The Bertz CT molecular complexity index is 374. The Kier molecular flexibility index (Phi) is 4.34. The molecule has 1 N–H and O–H groups in total. The third-order valence-electron chi connectivity index (χ3n) is 4.44. The maximum atomic E-state index is 11.5. The van der Waals surface area contributed by atoms with Gasteiger partial charge in [0.15, 0.2) is 0 Å². The smallest absolute Gasteiger partial charge is 0.150 e. The summed E-state index contributed by atoms with van der Waals surface area (Å²) in [6.07, 6.45) is 4.83. The number of rotatable bonds is 7. The van der Waals surface area contributed by atoms with Gasteiger partial charge in [-0.05, 0) is 38.0 Å². The van der Waals surface area contributed by atoms with Crippen LogP contribution in [0.15, 0.2) is 0 Å². The van der Waals surface area contributed by atoms with Crippen LogP contribution in [0, 0.1) is 11.3 Å². The van der Waals surface area contributed by atoms with E-state index in [-0.39, 0.29) is 29.6 Å². The number of aliphatic hydroxyl groups is 1. The second-order valence-electron chi connectivity index (χ2n) is 5.74. The zero-order chi connectivity index (χ0) is 13.2. The van der Waals surface area contributed by atoms with Crippen LogP contribution in [0.25, 0.3) is 0 Å². The maximum Gasteiger partial charge on any atom is 0.150 e. The van der Waals surface area contributed by atoms with Crippen molar-refractivity contribution in [2.24, 2.45) is 11.3 Å². The number of sulfone groups is 1. The Morgan fingerprint density at radius 3 is 2.67 bits per heavy atom. The molecule has 2 rings (SSSR count). The Morgan fingerprint density at radius 2 is 2.11 bits per heavy atom. The quantitative estimate of drug-likeness (QED) is 0.763. The van der Waals surface area contributed by atoms with E-state index in [0.29, 0.717) is 18.9 Å². The lowest BCUT2D eigenvalue weighted by Gasteiger charge is -2.32. The highest BCUT2D eigenvalue weighted by Crippen LogP contribution is 2.49. The zero-order valence-electron chi connectivity index (χ0n) is 11.1. The molecule has 0 bridgehead atoms. The Balaban J connectivity index is 1.92. The van der Waals surface area contributed by atoms with Gasteiger partial charge in [-0.2, -0.15) is 0 Å². The maximum absolute atomic E-state index is 11.5. The van der Waals surface area contributed by atoms with E-state index in [9.17, 15) is 13.5 Å². The SMILES string of the molecule is CCS(=O)(=O)CCCC1(CO)CCOC1C1CC1. The van der Waals surface area contributed by atoms with Crippen molar-refractivity contribution in [2.45, 2.75) is 45.1 Å². The summed E-state index contributed by atoms with van der Waals surface area (Å²) in [5.41, 5.74) is -0.176. The standard InChI is InChI=1S/C13H24O4S/c1-2-18(15,16)9-3-6-13(10-14)7-8-17-12(13)11-4-5-11/h11-12,14H,2-10H2,1H3. The fourth-order valence-electron chi connectivity index (χ4n) is 3.05. The summed E-state index contributed by atoms with van der Waals surface area (Å²) < 4.78 is 28.8. The second kappa shape index (κ2) is 5.47. The van der Waals surface area contributed by atoms with Crippen molar-refractivity contribution in [1.29, 1.82) is 0 Å². The fourth-order valence-corrected chi connectivity index (χ4v) is 3.92. The molecule has 0 aromatic carbocycles. The summed E-state index contributed by atoms with van der Waals surface area (Å²) in [6.45, 7) is 2.52. The molecule has 0 amide bonds. The largest absolute Gasteiger partial charge is 0.396 e. The van der Waals surface area contributed by atoms with E-state index in [1.807, 2.05) is 0 Å². The van der Waals surface area contributed by atoms with Gasteiger partial charge in [0, 0.05) is 17.8 Å². The number of ether oxygens (including phenoxy) is 1. The van der Waals surface area contributed by atoms with Crippen LogP contribution in [0.2, 0.25) is 0 Å². The molecular weight excluding hydrogens is 252 g/mol. The number of hydrogen-bond acceptors (Lipinski definition) is 4. The average Bonchev–Trinajstić information content (AvgIpc) is 3.11. The summed E-state index contributed by atoms with van der Waals surface area (Å²) in [5, 5.41) is 9.72. The summed E-state index contributed by atoms with van der Waals surface area (Å²) in [4.78, 5) is 0. The van der Waals surface area contributed by atoms with Gasteiger partial charge in [0.25, 0.3) is 0 Å². The summed E-state index contributed by atoms with van der Waals surface area (Å²) in [6, 6.07) is 0. The first-order chi connectivity index (χ1) is 8.53. The lowest BCUT2D eigenvalue weighted by molar-refractivity contribution is -0.00447. The molecule has 0 aromatic rings. The van der Waals surface area contributed by atoms with Crippen LogP contribution in [0.3, 0.4) is 0 Å². The predicted molar refractivity (Wildman–Crippen MR) is 70.2 cm³/mol. The Hall–Kier alpha value is -0.130. The van der Waals surface area contributed by atoms with Crippen molar-refractivity contribution in [3.63, 3.8) is 0 Å². The molecule has 1 saturated heterocycles. The molecule has 5 heteroatoms. The molecular formula is C13H24O4S. The van der Waals surface area contributed by atoms with E-state index >= 15 is 0 Å². The van der Waals surface area contributed by atoms with Crippen LogP contribution in [0.1, 0.15) is 39.0 Å². The molecule has 4 nitrogen and oxygen atoms in total. The van der Waals surface area contributed by atoms with Crippen molar-refractivity contribution in [3.8, 4) is 0 Å². The molecule has 18 heavy (non-hydrogen) atoms. The zero-order valence-corrected chi connectivity index (χ0v) is 11.9. The molecule has 1 heterocycles. The minimum absolute atomic E-state index is 0.125. The first-order valence-electron chi connectivity index (χ1n) is 6.96. The van der Waals surface area contributed by atoms with E-state index in [0.717, 1.165) is 12.8 Å². The van der Waals surface area contributed by atoms with Crippen LogP contribution in [0.4, 0.5) is 0 Å². The average molecular weight is 276 g/mol. The van der Waals surface area contributed by atoms with Gasteiger partial charge in [-0.3, -0.25) is 0 Å². The summed E-state index contributed by atoms with van der Waals surface area (Å²) >= 11 is 0. The monoisotopic (exact) mass is 276 g/mol. The van der Waals surface area contributed by atoms with Crippen LogP contribution < -0.4 is 0 Å². The van der Waals surface area contributed by atoms with Crippen LogP contribution in [-0.4, -0.2) is 44.3 Å². The van der Waals surface area contributed by atoms with E-state index in [1.165, 1.54) is 12.8 Å². The molecule has 2 fully saturated rings. The fraction of sp³-hybridized carbons (Fsp3) is 1.00. The molecule has 2 atom stereocenters. The van der Waals surface area contributed by atoms with E-state index in [1.54, 1.807) is 6.92 Å². The number of aliphatic hydroxyl groups excluding tert-OH is 1. The van der Waals surface area contributed by atoms with Gasteiger partial charge in [-0.15, -0.1) is 0 Å². The first kappa shape index (κ1) is 14.3. The van der Waals surface area contributed by atoms with Gasteiger partial charge in [0.2, 0.25) is 0 Å². The van der Waals surface area contributed by atoms with Gasteiger partial charge in [-0.1, -0.05) is 6.92 Å². The third kappa shape index (κ3) is 3.06. The van der Waals surface area contributed by atoms with Crippen LogP contribution >= 0.6 is 0 Å². The minimum atomic E-state index is -2.89.